The Hall–Kier alpha value is -1.06. The number of rotatable bonds is 1. The molecule has 0 radical (unpaired) electrons. The van der Waals surface area contributed by atoms with Gasteiger partial charge in [0.1, 0.15) is 0 Å². The number of carbonyl (C=O) groups is 1. The number of hydrogen-bond donors (Lipinski definition) is 1. The number of β-amino-alcohol motifs (C(OH)–C–C–N with tert-alkyl or cyclic N) is 1. The number of amides is 1. The highest BCUT2D eigenvalue weighted by atomic mass is 35.5. The maximum absolute atomic E-state index is 12.2. The van der Waals surface area contributed by atoms with E-state index < -0.39 is 6.10 Å². The predicted octanol–water partition coefficient (Wildman–Crippen LogP) is 2.25. The van der Waals surface area contributed by atoms with Crippen LogP contribution in [0.3, 0.4) is 0 Å². The van der Waals surface area contributed by atoms with Crippen LogP contribution in [0.15, 0.2) is 18.2 Å². The molecule has 1 aliphatic heterocycles. The third-order valence-electron chi connectivity index (χ3n) is 3.11. The number of aliphatic hydroxyl groups is 1. The second-order valence-corrected chi connectivity index (χ2v) is 4.86. The third-order valence-corrected chi connectivity index (χ3v) is 3.61. The van der Waals surface area contributed by atoms with Crippen LogP contribution < -0.4 is 0 Å². The van der Waals surface area contributed by atoms with E-state index in [0.717, 1.165) is 18.4 Å². The number of aryl methyl sites for hydroxylation is 1. The fourth-order valence-electron chi connectivity index (χ4n) is 2.12. The molecule has 0 aliphatic carbocycles. The average Bonchev–Trinajstić information content (AvgIpc) is 2.32. The minimum atomic E-state index is -0.406. The lowest BCUT2D eigenvalue weighted by atomic mass is 10.1. The second-order valence-electron chi connectivity index (χ2n) is 4.48. The molecule has 1 aromatic rings. The number of likely N-dealkylation sites (tertiary alicyclic amines) is 1. The van der Waals surface area contributed by atoms with Crippen molar-refractivity contribution in [2.24, 2.45) is 0 Å². The Labute approximate surface area is 106 Å². The first kappa shape index (κ1) is 12.4. The highest BCUT2D eigenvalue weighted by Crippen LogP contribution is 2.23. The van der Waals surface area contributed by atoms with Crippen molar-refractivity contribution in [3.63, 3.8) is 0 Å². The van der Waals surface area contributed by atoms with Gasteiger partial charge in [-0.05, 0) is 31.4 Å². The summed E-state index contributed by atoms with van der Waals surface area (Å²) in [7, 11) is 0. The monoisotopic (exact) mass is 253 g/mol. The van der Waals surface area contributed by atoms with Gasteiger partial charge in [0.15, 0.2) is 0 Å². The summed E-state index contributed by atoms with van der Waals surface area (Å²) in [4.78, 5) is 13.9. The molecule has 1 heterocycles. The maximum atomic E-state index is 12.2. The molecule has 1 aromatic carbocycles. The summed E-state index contributed by atoms with van der Waals surface area (Å²) in [6.07, 6.45) is 1.21. The standard InChI is InChI=1S/C13H16ClNO2/c1-9-4-2-6-11(12(9)14)13(17)15-7-3-5-10(16)8-15/h2,4,6,10,16H,3,5,7-8H2,1H3. The van der Waals surface area contributed by atoms with E-state index in [-0.39, 0.29) is 5.91 Å². The largest absolute Gasteiger partial charge is 0.391 e. The van der Waals surface area contributed by atoms with E-state index in [1.807, 2.05) is 19.1 Å². The molecule has 2 rings (SSSR count). The van der Waals surface area contributed by atoms with Gasteiger partial charge in [0, 0.05) is 13.1 Å². The molecule has 0 bridgehead atoms. The number of aliphatic hydroxyl groups excluding tert-OH is 1. The van der Waals surface area contributed by atoms with Gasteiger partial charge in [0.2, 0.25) is 0 Å². The zero-order valence-corrected chi connectivity index (χ0v) is 10.6. The molecule has 4 heteroatoms. The lowest BCUT2D eigenvalue weighted by molar-refractivity contribution is 0.0474. The summed E-state index contributed by atoms with van der Waals surface area (Å²) in [5.74, 6) is -0.0857. The summed E-state index contributed by atoms with van der Waals surface area (Å²) in [5.41, 5.74) is 1.43. The van der Waals surface area contributed by atoms with Gasteiger partial charge in [-0.15, -0.1) is 0 Å². The van der Waals surface area contributed by atoms with Gasteiger partial charge in [-0.25, -0.2) is 0 Å². The summed E-state index contributed by atoms with van der Waals surface area (Å²) in [6, 6.07) is 5.44. The van der Waals surface area contributed by atoms with Crippen molar-refractivity contribution in [3.8, 4) is 0 Å². The Morgan fingerprint density at radius 3 is 3.00 bits per heavy atom. The molecule has 1 atom stereocenters. The van der Waals surface area contributed by atoms with Crippen molar-refractivity contribution < 1.29 is 9.90 Å². The van der Waals surface area contributed by atoms with Crippen LogP contribution in [0.5, 0.6) is 0 Å². The van der Waals surface area contributed by atoms with Crippen molar-refractivity contribution in [2.75, 3.05) is 13.1 Å². The molecule has 1 aliphatic rings. The summed E-state index contributed by atoms with van der Waals surface area (Å²) >= 11 is 6.13. The number of piperidine rings is 1. The van der Waals surface area contributed by atoms with E-state index >= 15 is 0 Å². The molecule has 1 unspecified atom stereocenters. The Morgan fingerprint density at radius 1 is 1.53 bits per heavy atom. The Bertz CT molecular complexity index is 433. The van der Waals surface area contributed by atoms with Gasteiger partial charge in [0.25, 0.3) is 5.91 Å². The van der Waals surface area contributed by atoms with Crippen molar-refractivity contribution in [3.05, 3.63) is 34.3 Å². The number of halogens is 1. The molecule has 1 amide bonds. The molecular weight excluding hydrogens is 238 g/mol. The molecule has 3 nitrogen and oxygen atoms in total. The van der Waals surface area contributed by atoms with Crippen LogP contribution in [0.4, 0.5) is 0 Å². The van der Waals surface area contributed by atoms with E-state index in [1.54, 1.807) is 11.0 Å². The Kier molecular flexibility index (Phi) is 3.69. The van der Waals surface area contributed by atoms with Crippen LogP contribution in [-0.4, -0.2) is 35.1 Å². The van der Waals surface area contributed by atoms with E-state index in [1.165, 1.54) is 0 Å². The van der Waals surface area contributed by atoms with Gasteiger partial charge >= 0.3 is 0 Å². The van der Waals surface area contributed by atoms with Crippen molar-refractivity contribution >= 4 is 17.5 Å². The van der Waals surface area contributed by atoms with Crippen molar-refractivity contribution in [1.29, 1.82) is 0 Å². The van der Waals surface area contributed by atoms with Gasteiger partial charge in [0.05, 0.1) is 16.7 Å². The normalized spacial score (nSPS) is 20.4. The van der Waals surface area contributed by atoms with Crippen molar-refractivity contribution in [2.45, 2.75) is 25.9 Å². The zero-order chi connectivity index (χ0) is 12.4. The molecule has 17 heavy (non-hydrogen) atoms. The number of benzene rings is 1. The summed E-state index contributed by atoms with van der Waals surface area (Å²) in [6.45, 7) is 2.98. The first-order valence-corrected chi connectivity index (χ1v) is 6.20. The third kappa shape index (κ3) is 2.61. The van der Waals surface area contributed by atoms with Crippen LogP contribution >= 0.6 is 11.6 Å². The molecule has 1 saturated heterocycles. The van der Waals surface area contributed by atoms with Crippen molar-refractivity contribution in [1.82, 2.24) is 4.90 Å². The van der Waals surface area contributed by atoms with Crippen LogP contribution in [0, 0.1) is 6.92 Å². The van der Waals surface area contributed by atoms with Gasteiger partial charge in [-0.3, -0.25) is 4.79 Å². The highest BCUT2D eigenvalue weighted by Gasteiger charge is 2.24. The SMILES string of the molecule is Cc1cccc(C(=O)N2CCCC(O)C2)c1Cl. The van der Waals surface area contributed by atoms with Crippen LogP contribution in [0.1, 0.15) is 28.8 Å². The fourth-order valence-corrected chi connectivity index (χ4v) is 2.33. The Balaban J connectivity index is 2.22. The molecule has 92 valence electrons. The molecule has 1 N–H and O–H groups in total. The van der Waals surface area contributed by atoms with E-state index in [2.05, 4.69) is 0 Å². The van der Waals surface area contributed by atoms with E-state index in [4.69, 9.17) is 11.6 Å². The zero-order valence-electron chi connectivity index (χ0n) is 9.82. The average molecular weight is 254 g/mol. The molecule has 0 spiro atoms. The number of carbonyl (C=O) groups excluding carboxylic acids is 1. The lowest BCUT2D eigenvalue weighted by Gasteiger charge is -2.30. The maximum Gasteiger partial charge on any atom is 0.255 e. The first-order chi connectivity index (χ1) is 8.09. The van der Waals surface area contributed by atoms with Crippen LogP contribution in [0.2, 0.25) is 5.02 Å². The van der Waals surface area contributed by atoms with E-state index in [9.17, 15) is 9.90 Å². The summed E-state index contributed by atoms with van der Waals surface area (Å²) < 4.78 is 0. The number of hydrogen-bond acceptors (Lipinski definition) is 2. The van der Waals surface area contributed by atoms with Gasteiger partial charge in [-0.1, -0.05) is 23.7 Å². The van der Waals surface area contributed by atoms with Crippen LogP contribution in [0.25, 0.3) is 0 Å². The predicted molar refractivity (Wildman–Crippen MR) is 67.3 cm³/mol. The Morgan fingerprint density at radius 2 is 2.29 bits per heavy atom. The smallest absolute Gasteiger partial charge is 0.255 e. The first-order valence-electron chi connectivity index (χ1n) is 5.82. The fraction of sp³-hybridized carbons (Fsp3) is 0.462. The lowest BCUT2D eigenvalue weighted by Crippen LogP contribution is -2.42. The molecule has 0 saturated carbocycles. The molecule has 0 aromatic heterocycles. The van der Waals surface area contributed by atoms with Gasteiger partial charge < -0.3 is 10.0 Å². The van der Waals surface area contributed by atoms with E-state index in [0.29, 0.717) is 23.7 Å². The minimum absolute atomic E-state index is 0.0857. The highest BCUT2D eigenvalue weighted by molar-refractivity contribution is 6.34. The number of nitrogens with zero attached hydrogens (tertiary/aromatic N) is 1. The topological polar surface area (TPSA) is 40.5 Å². The van der Waals surface area contributed by atoms with Gasteiger partial charge in [-0.2, -0.15) is 0 Å². The molecule has 1 fully saturated rings. The quantitative estimate of drug-likeness (QED) is 0.834. The second kappa shape index (κ2) is 5.07. The minimum Gasteiger partial charge on any atom is -0.391 e. The molecular formula is C13H16ClNO2. The van der Waals surface area contributed by atoms with Crippen LogP contribution in [-0.2, 0) is 0 Å². The summed E-state index contributed by atoms with van der Waals surface area (Å²) in [5, 5.41) is 10.1.